The van der Waals surface area contributed by atoms with Crippen LogP contribution in [0.3, 0.4) is 0 Å². The Labute approximate surface area is 190 Å². The Hall–Kier alpha value is -3.72. The first-order chi connectivity index (χ1) is 15.7. The Morgan fingerprint density at radius 2 is 1.73 bits per heavy atom. The topological polar surface area (TPSA) is 79.3 Å². The first-order valence-electron chi connectivity index (χ1n) is 9.85. The van der Waals surface area contributed by atoms with Crippen LogP contribution in [0.1, 0.15) is 26.5 Å². The molecule has 4 rings (SSSR count). The van der Waals surface area contributed by atoms with E-state index in [4.69, 9.17) is 5.11 Å². The predicted molar refractivity (Wildman–Crippen MR) is 119 cm³/mol. The van der Waals surface area contributed by atoms with Crippen molar-refractivity contribution in [1.29, 1.82) is 0 Å². The number of amides is 1. The number of rotatable bonds is 6. The van der Waals surface area contributed by atoms with Crippen LogP contribution in [0.25, 0.3) is 21.3 Å². The lowest BCUT2D eigenvalue weighted by Crippen LogP contribution is -2.24. The Morgan fingerprint density at radius 1 is 0.970 bits per heavy atom. The number of carboxylic acids is 1. The Kier molecular flexibility index (Phi) is 6.15. The third-order valence-corrected chi connectivity index (χ3v) is 5.95. The molecule has 9 heteroatoms. The highest BCUT2D eigenvalue weighted by atomic mass is 32.1. The second-order valence-corrected chi connectivity index (χ2v) is 8.44. The smallest absolute Gasteiger partial charge is 0.416 e. The standard InChI is InChI=1S/C24H17F3N2O3S/c25-24(26,27)18-6-2-4-15(10-18)16-7-8-19-20(11-16)33-22(29-19)12-21(30)28-13-14-3-1-5-17(9-14)23(31)32/h1-11H,12-13H2,(H,28,30)(H,31,32). The van der Waals surface area contributed by atoms with Crippen molar-refractivity contribution in [3.05, 3.63) is 88.4 Å². The van der Waals surface area contributed by atoms with Crippen molar-refractivity contribution in [2.75, 3.05) is 0 Å². The number of halogens is 3. The number of carbonyl (C=O) groups is 2. The van der Waals surface area contributed by atoms with Crippen molar-refractivity contribution >= 4 is 33.4 Å². The molecule has 0 saturated carbocycles. The maximum atomic E-state index is 13.0. The third kappa shape index (κ3) is 5.38. The molecule has 0 fully saturated rings. The van der Waals surface area contributed by atoms with E-state index in [9.17, 15) is 22.8 Å². The zero-order valence-electron chi connectivity index (χ0n) is 17.0. The molecule has 33 heavy (non-hydrogen) atoms. The van der Waals surface area contributed by atoms with Crippen LogP contribution in [0, 0.1) is 0 Å². The summed E-state index contributed by atoms with van der Waals surface area (Å²) >= 11 is 1.30. The van der Waals surface area contributed by atoms with Gasteiger partial charge in [-0.25, -0.2) is 9.78 Å². The second kappa shape index (κ2) is 9.03. The van der Waals surface area contributed by atoms with E-state index in [2.05, 4.69) is 10.3 Å². The minimum atomic E-state index is -4.42. The van der Waals surface area contributed by atoms with E-state index in [1.165, 1.54) is 29.5 Å². The Bertz CT molecular complexity index is 1350. The van der Waals surface area contributed by atoms with Gasteiger partial charge >= 0.3 is 12.1 Å². The van der Waals surface area contributed by atoms with Crippen LogP contribution in [-0.2, 0) is 23.9 Å². The number of alkyl halides is 3. The molecule has 1 amide bonds. The van der Waals surface area contributed by atoms with Crippen molar-refractivity contribution in [1.82, 2.24) is 10.3 Å². The fraction of sp³-hybridized carbons (Fsp3) is 0.125. The summed E-state index contributed by atoms with van der Waals surface area (Å²) in [5.74, 6) is -1.31. The number of nitrogens with one attached hydrogen (secondary N) is 1. The number of aromatic carboxylic acids is 1. The molecular formula is C24H17F3N2O3S. The summed E-state index contributed by atoms with van der Waals surface area (Å²) in [5.41, 5.74) is 1.83. The van der Waals surface area contributed by atoms with E-state index in [1.807, 2.05) is 0 Å². The van der Waals surface area contributed by atoms with E-state index in [0.717, 1.165) is 16.8 Å². The fourth-order valence-electron chi connectivity index (χ4n) is 3.32. The van der Waals surface area contributed by atoms with Crippen molar-refractivity contribution < 1.29 is 27.9 Å². The average Bonchev–Trinajstić information content (AvgIpc) is 3.18. The summed E-state index contributed by atoms with van der Waals surface area (Å²) in [6.07, 6.45) is -4.38. The van der Waals surface area contributed by atoms with Gasteiger partial charge in [-0.2, -0.15) is 13.2 Å². The predicted octanol–water partition coefficient (Wildman–Crippen LogP) is 5.54. The largest absolute Gasteiger partial charge is 0.478 e. The molecule has 0 radical (unpaired) electrons. The number of hydrogen-bond donors (Lipinski definition) is 2. The number of fused-ring (bicyclic) bond motifs is 1. The van der Waals surface area contributed by atoms with E-state index >= 15 is 0 Å². The quantitative estimate of drug-likeness (QED) is 0.388. The summed E-state index contributed by atoms with van der Waals surface area (Å²) in [6.45, 7) is 0.185. The maximum absolute atomic E-state index is 13.0. The molecule has 0 saturated heterocycles. The molecule has 0 atom stereocenters. The molecular weight excluding hydrogens is 453 g/mol. The third-order valence-electron chi connectivity index (χ3n) is 4.93. The SMILES string of the molecule is O=C(Cc1nc2ccc(-c3cccc(C(F)(F)F)c3)cc2s1)NCc1cccc(C(=O)O)c1. The summed E-state index contributed by atoms with van der Waals surface area (Å²) < 4.78 is 39.8. The van der Waals surface area contributed by atoms with Crippen molar-refractivity contribution in [3.63, 3.8) is 0 Å². The minimum Gasteiger partial charge on any atom is -0.478 e. The van der Waals surface area contributed by atoms with Crippen molar-refractivity contribution in [2.45, 2.75) is 19.1 Å². The molecule has 0 aliphatic rings. The molecule has 0 aliphatic carbocycles. The first-order valence-corrected chi connectivity index (χ1v) is 10.7. The van der Waals surface area contributed by atoms with Gasteiger partial charge in [-0.1, -0.05) is 30.3 Å². The molecule has 2 N–H and O–H groups in total. The van der Waals surface area contributed by atoms with Gasteiger partial charge in [0.2, 0.25) is 5.91 Å². The molecule has 0 aliphatic heterocycles. The highest BCUT2D eigenvalue weighted by Gasteiger charge is 2.30. The van der Waals surface area contributed by atoms with Gasteiger partial charge in [-0.05, 0) is 53.1 Å². The van der Waals surface area contributed by atoms with Crippen LogP contribution < -0.4 is 5.32 Å². The van der Waals surface area contributed by atoms with Gasteiger partial charge in [0.15, 0.2) is 0 Å². The lowest BCUT2D eigenvalue weighted by molar-refractivity contribution is -0.137. The molecule has 0 spiro atoms. The van der Waals surface area contributed by atoms with Gasteiger partial charge in [-0.3, -0.25) is 4.79 Å². The lowest BCUT2D eigenvalue weighted by Gasteiger charge is -2.08. The average molecular weight is 470 g/mol. The Morgan fingerprint density at radius 3 is 2.48 bits per heavy atom. The molecule has 1 heterocycles. The molecule has 168 valence electrons. The van der Waals surface area contributed by atoms with Crippen LogP contribution in [-0.4, -0.2) is 22.0 Å². The number of carboxylic acid groups (broad SMARTS) is 1. The van der Waals surface area contributed by atoms with Crippen molar-refractivity contribution in [3.8, 4) is 11.1 Å². The highest BCUT2D eigenvalue weighted by molar-refractivity contribution is 7.18. The van der Waals surface area contributed by atoms with Gasteiger partial charge in [0.05, 0.1) is 27.8 Å². The summed E-state index contributed by atoms with van der Waals surface area (Å²) in [5, 5.41) is 12.4. The second-order valence-electron chi connectivity index (χ2n) is 7.33. The van der Waals surface area contributed by atoms with E-state index < -0.39 is 17.7 Å². The summed E-state index contributed by atoms with van der Waals surface area (Å²) in [7, 11) is 0. The van der Waals surface area contributed by atoms with Gasteiger partial charge in [0, 0.05) is 6.54 Å². The zero-order chi connectivity index (χ0) is 23.6. The summed E-state index contributed by atoms with van der Waals surface area (Å²) in [4.78, 5) is 27.8. The molecule has 3 aromatic carbocycles. The van der Waals surface area contributed by atoms with Crippen molar-refractivity contribution in [2.24, 2.45) is 0 Å². The molecule has 1 aromatic heterocycles. The highest BCUT2D eigenvalue weighted by Crippen LogP contribution is 2.34. The van der Waals surface area contributed by atoms with Crippen LogP contribution >= 0.6 is 11.3 Å². The van der Waals surface area contributed by atoms with Gasteiger partial charge in [-0.15, -0.1) is 11.3 Å². The fourth-order valence-corrected chi connectivity index (χ4v) is 4.32. The van der Waals surface area contributed by atoms with Gasteiger partial charge in [0.25, 0.3) is 0 Å². The molecule has 0 bridgehead atoms. The summed E-state index contributed by atoms with van der Waals surface area (Å²) in [6, 6.07) is 16.6. The molecule has 5 nitrogen and oxygen atoms in total. The van der Waals surface area contributed by atoms with E-state index in [0.29, 0.717) is 27.2 Å². The van der Waals surface area contributed by atoms with Crippen LogP contribution in [0.2, 0.25) is 0 Å². The zero-order valence-corrected chi connectivity index (χ0v) is 17.8. The van der Waals surface area contributed by atoms with Crippen LogP contribution in [0.4, 0.5) is 13.2 Å². The first kappa shape index (κ1) is 22.5. The van der Waals surface area contributed by atoms with E-state index in [-0.39, 0.29) is 24.4 Å². The monoisotopic (exact) mass is 470 g/mol. The molecule has 4 aromatic rings. The minimum absolute atomic E-state index is 0.0386. The number of nitrogens with zero attached hydrogens (tertiary/aromatic N) is 1. The number of carbonyl (C=O) groups excluding carboxylic acids is 1. The normalized spacial score (nSPS) is 11.5. The van der Waals surface area contributed by atoms with Gasteiger partial charge in [0.1, 0.15) is 5.01 Å². The number of hydrogen-bond acceptors (Lipinski definition) is 4. The van der Waals surface area contributed by atoms with Crippen LogP contribution in [0.5, 0.6) is 0 Å². The number of aromatic nitrogens is 1. The van der Waals surface area contributed by atoms with Crippen LogP contribution in [0.15, 0.2) is 66.7 Å². The van der Waals surface area contributed by atoms with E-state index in [1.54, 1.807) is 36.4 Å². The maximum Gasteiger partial charge on any atom is 0.416 e. The molecule has 0 unspecified atom stereocenters. The Balaban J connectivity index is 1.46. The number of benzene rings is 3. The lowest BCUT2D eigenvalue weighted by atomic mass is 10.0. The number of thiazole rings is 1. The van der Waals surface area contributed by atoms with Gasteiger partial charge < -0.3 is 10.4 Å².